The molecule has 0 aromatic carbocycles. The molecular weight excluding hydrogens is 186 g/mol. The van der Waals surface area contributed by atoms with E-state index in [2.05, 4.69) is 16.0 Å². The summed E-state index contributed by atoms with van der Waals surface area (Å²) in [6.07, 6.45) is 5.85. The van der Waals surface area contributed by atoms with Crippen molar-refractivity contribution in [1.29, 1.82) is 0 Å². The van der Waals surface area contributed by atoms with E-state index in [-0.39, 0.29) is 0 Å². The lowest BCUT2D eigenvalue weighted by atomic mass is 10.0. The maximum absolute atomic E-state index is 3.21. The van der Waals surface area contributed by atoms with Crippen LogP contribution in [-0.2, 0) is 0 Å². The Morgan fingerprint density at radius 1 is 0.933 bits per heavy atom. The van der Waals surface area contributed by atoms with Crippen molar-refractivity contribution in [3.63, 3.8) is 0 Å². The molecule has 0 aromatic rings. The van der Waals surface area contributed by atoms with E-state index in [1.165, 1.54) is 51.9 Å². The SMILES string of the molecule is CNCC1CCCC1.CNCC1CNC1. The molecule has 2 aliphatic rings. The van der Waals surface area contributed by atoms with Gasteiger partial charge in [-0.15, -0.1) is 0 Å². The molecule has 1 aliphatic heterocycles. The molecule has 90 valence electrons. The van der Waals surface area contributed by atoms with Crippen molar-refractivity contribution in [2.24, 2.45) is 11.8 Å². The van der Waals surface area contributed by atoms with Gasteiger partial charge in [-0.05, 0) is 45.3 Å². The summed E-state index contributed by atoms with van der Waals surface area (Å²) in [7, 11) is 4.04. The van der Waals surface area contributed by atoms with E-state index < -0.39 is 0 Å². The smallest absolute Gasteiger partial charge is 0.000394 e. The van der Waals surface area contributed by atoms with Crippen molar-refractivity contribution in [1.82, 2.24) is 16.0 Å². The molecule has 2 rings (SSSR count). The fourth-order valence-corrected chi connectivity index (χ4v) is 2.28. The van der Waals surface area contributed by atoms with Gasteiger partial charge in [0.25, 0.3) is 0 Å². The first kappa shape index (κ1) is 12.9. The molecule has 0 atom stereocenters. The number of rotatable bonds is 4. The molecule has 0 amide bonds. The van der Waals surface area contributed by atoms with Crippen LogP contribution in [0.25, 0.3) is 0 Å². The van der Waals surface area contributed by atoms with Gasteiger partial charge in [-0.2, -0.15) is 0 Å². The highest BCUT2D eigenvalue weighted by molar-refractivity contribution is 4.75. The Kier molecular flexibility index (Phi) is 6.98. The third-order valence-corrected chi connectivity index (χ3v) is 3.33. The van der Waals surface area contributed by atoms with Gasteiger partial charge < -0.3 is 16.0 Å². The van der Waals surface area contributed by atoms with Crippen molar-refractivity contribution >= 4 is 0 Å². The summed E-state index contributed by atoms with van der Waals surface area (Å²) in [6, 6.07) is 0. The zero-order chi connectivity index (χ0) is 10.9. The first-order chi connectivity index (χ1) is 7.36. The predicted molar refractivity (Wildman–Crippen MR) is 66.2 cm³/mol. The van der Waals surface area contributed by atoms with Crippen LogP contribution in [-0.4, -0.2) is 40.3 Å². The van der Waals surface area contributed by atoms with E-state index in [1.54, 1.807) is 0 Å². The second-order valence-corrected chi connectivity index (χ2v) is 4.79. The van der Waals surface area contributed by atoms with Crippen LogP contribution >= 0.6 is 0 Å². The molecule has 3 N–H and O–H groups in total. The van der Waals surface area contributed by atoms with E-state index in [0.29, 0.717) is 0 Å². The van der Waals surface area contributed by atoms with Gasteiger partial charge in [-0.25, -0.2) is 0 Å². The summed E-state index contributed by atoms with van der Waals surface area (Å²) in [5, 5.41) is 9.55. The van der Waals surface area contributed by atoms with E-state index in [1.807, 2.05) is 14.1 Å². The van der Waals surface area contributed by atoms with Gasteiger partial charge >= 0.3 is 0 Å². The minimum Gasteiger partial charge on any atom is -0.319 e. The lowest BCUT2D eigenvalue weighted by molar-refractivity contribution is 0.340. The van der Waals surface area contributed by atoms with Crippen molar-refractivity contribution in [3.05, 3.63) is 0 Å². The highest BCUT2D eigenvalue weighted by Gasteiger charge is 2.14. The molecule has 0 aromatic heterocycles. The van der Waals surface area contributed by atoms with E-state index >= 15 is 0 Å². The Balaban J connectivity index is 0.000000151. The summed E-state index contributed by atoms with van der Waals surface area (Å²) in [5.41, 5.74) is 0. The summed E-state index contributed by atoms with van der Waals surface area (Å²) in [6.45, 7) is 4.83. The summed E-state index contributed by atoms with van der Waals surface area (Å²) >= 11 is 0. The minimum absolute atomic E-state index is 0.907. The van der Waals surface area contributed by atoms with Crippen molar-refractivity contribution in [3.8, 4) is 0 Å². The Labute approximate surface area is 94.4 Å². The van der Waals surface area contributed by atoms with Crippen molar-refractivity contribution < 1.29 is 0 Å². The standard InChI is InChI=1S/C7H15N.C5H12N2/c1-8-6-7-4-2-3-5-7;1-6-2-5-3-7-4-5/h7-8H,2-6H2,1H3;5-7H,2-4H2,1H3. The van der Waals surface area contributed by atoms with Gasteiger partial charge in [-0.3, -0.25) is 0 Å². The fourth-order valence-electron chi connectivity index (χ4n) is 2.28. The zero-order valence-corrected chi connectivity index (χ0v) is 10.3. The van der Waals surface area contributed by atoms with Gasteiger partial charge in [0.05, 0.1) is 0 Å². The van der Waals surface area contributed by atoms with Gasteiger partial charge in [0, 0.05) is 19.6 Å². The Morgan fingerprint density at radius 2 is 1.47 bits per heavy atom. The second kappa shape index (κ2) is 8.08. The molecule has 1 saturated carbocycles. The monoisotopic (exact) mass is 213 g/mol. The lowest BCUT2D eigenvalue weighted by Gasteiger charge is -2.26. The second-order valence-electron chi connectivity index (χ2n) is 4.79. The summed E-state index contributed by atoms with van der Waals surface area (Å²) in [5.74, 6) is 1.91. The van der Waals surface area contributed by atoms with E-state index in [4.69, 9.17) is 0 Å². The van der Waals surface area contributed by atoms with Crippen LogP contribution in [0.4, 0.5) is 0 Å². The van der Waals surface area contributed by atoms with E-state index in [0.717, 1.165) is 11.8 Å². The Hall–Kier alpha value is -0.120. The van der Waals surface area contributed by atoms with Crippen LogP contribution in [0.2, 0.25) is 0 Å². The van der Waals surface area contributed by atoms with Gasteiger partial charge in [-0.1, -0.05) is 12.8 Å². The highest BCUT2D eigenvalue weighted by atomic mass is 15.0. The number of hydrogen-bond acceptors (Lipinski definition) is 3. The third-order valence-electron chi connectivity index (χ3n) is 3.33. The lowest BCUT2D eigenvalue weighted by Crippen LogP contribution is -2.46. The molecule has 0 unspecified atom stereocenters. The molecule has 0 radical (unpaired) electrons. The molecule has 2 fully saturated rings. The maximum atomic E-state index is 3.21. The van der Waals surface area contributed by atoms with Crippen LogP contribution in [0, 0.1) is 11.8 Å². The molecule has 0 spiro atoms. The largest absolute Gasteiger partial charge is 0.319 e. The van der Waals surface area contributed by atoms with Gasteiger partial charge in [0.1, 0.15) is 0 Å². The van der Waals surface area contributed by atoms with Crippen LogP contribution < -0.4 is 16.0 Å². The molecule has 1 aliphatic carbocycles. The Morgan fingerprint density at radius 3 is 1.80 bits per heavy atom. The van der Waals surface area contributed by atoms with Crippen LogP contribution in [0.3, 0.4) is 0 Å². The predicted octanol–water partition coefficient (Wildman–Crippen LogP) is 0.821. The fraction of sp³-hybridized carbons (Fsp3) is 1.00. The quantitative estimate of drug-likeness (QED) is 0.647. The molecule has 3 nitrogen and oxygen atoms in total. The molecule has 15 heavy (non-hydrogen) atoms. The first-order valence-corrected chi connectivity index (χ1v) is 6.36. The first-order valence-electron chi connectivity index (χ1n) is 6.36. The third kappa shape index (κ3) is 5.50. The van der Waals surface area contributed by atoms with E-state index in [9.17, 15) is 0 Å². The summed E-state index contributed by atoms with van der Waals surface area (Å²) < 4.78 is 0. The molecule has 3 heteroatoms. The molecule has 1 heterocycles. The van der Waals surface area contributed by atoms with Crippen LogP contribution in [0.5, 0.6) is 0 Å². The van der Waals surface area contributed by atoms with Gasteiger partial charge in [0.15, 0.2) is 0 Å². The number of hydrogen-bond donors (Lipinski definition) is 3. The highest BCUT2D eigenvalue weighted by Crippen LogP contribution is 2.23. The zero-order valence-electron chi connectivity index (χ0n) is 10.3. The average molecular weight is 213 g/mol. The van der Waals surface area contributed by atoms with Crippen molar-refractivity contribution in [2.45, 2.75) is 25.7 Å². The Bertz CT molecular complexity index is 140. The average Bonchev–Trinajstić information content (AvgIpc) is 2.66. The molecule has 1 saturated heterocycles. The van der Waals surface area contributed by atoms with Crippen LogP contribution in [0.1, 0.15) is 25.7 Å². The maximum Gasteiger partial charge on any atom is 0.000394 e. The molecular formula is C12H27N3. The van der Waals surface area contributed by atoms with Crippen molar-refractivity contribution in [2.75, 3.05) is 40.3 Å². The van der Waals surface area contributed by atoms with Crippen LogP contribution in [0.15, 0.2) is 0 Å². The topological polar surface area (TPSA) is 36.1 Å². The minimum atomic E-state index is 0.907. The molecule has 0 bridgehead atoms. The number of nitrogens with one attached hydrogen (secondary N) is 3. The van der Waals surface area contributed by atoms with Gasteiger partial charge in [0.2, 0.25) is 0 Å². The summed E-state index contributed by atoms with van der Waals surface area (Å²) in [4.78, 5) is 0. The normalized spacial score (nSPS) is 22.0.